The van der Waals surface area contributed by atoms with E-state index in [1.54, 1.807) is 0 Å². The number of amides is 1. The van der Waals surface area contributed by atoms with Crippen molar-refractivity contribution in [3.8, 4) is 0 Å². The molecule has 1 aromatic carbocycles. The molecule has 0 saturated heterocycles. The van der Waals surface area contributed by atoms with Gasteiger partial charge in [0.15, 0.2) is 0 Å². The summed E-state index contributed by atoms with van der Waals surface area (Å²) in [5.74, 6) is -2.26. The van der Waals surface area contributed by atoms with E-state index in [1.165, 1.54) is 18.5 Å². The number of carbonyl (C=O) groups excluding carboxylic acids is 1. The van der Waals surface area contributed by atoms with Crippen molar-refractivity contribution in [3.05, 3.63) is 57.3 Å². The molecule has 0 spiro atoms. The Bertz CT molecular complexity index is 652. The molecule has 0 aliphatic rings. The number of hydrogen-bond donors (Lipinski definition) is 1. The second-order valence-electron chi connectivity index (χ2n) is 3.56. The van der Waals surface area contributed by atoms with Crippen LogP contribution in [0, 0.1) is 11.6 Å². The van der Waals surface area contributed by atoms with Gasteiger partial charge in [-0.15, -0.1) is 0 Å². The van der Waals surface area contributed by atoms with Crippen molar-refractivity contribution in [3.63, 3.8) is 0 Å². The van der Waals surface area contributed by atoms with Crippen LogP contribution in [0.15, 0.2) is 35.1 Å². The molecule has 1 N–H and O–H groups in total. The third kappa shape index (κ3) is 3.08. The minimum absolute atomic E-state index is 0.0430. The summed E-state index contributed by atoms with van der Waals surface area (Å²) in [6.45, 7) is 0. The molecule has 1 amide bonds. The topological polar surface area (TPSA) is 42.0 Å². The first-order chi connectivity index (χ1) is 8.99. The van der Waals surface area contributed by atoms with Gasteiger partial charge in [-0.25, -0.2) is 8.78 Å². The Morgan fingerprint density at radius 2 is 2.05 bits per heavy atom. The van der Waals surface area contributed by atoms with E-state index in [0.29, 0.717) is 6.07 Å². The van der Waals surface area contributed by atoms with Crippen molar-refractivity contribution in [2.24, 2.45) is 0 Å². The lowest BCUT2D eigenvalue weighted by Crippen LogP contribution is -2.14. The summed E-state index contributed by atoms with van der Waals surface area (Å²) in [6, 6.07) is 3.24. The average Bonchev–Trinajstić information content (AvgIpc) is 2.36. The van der Waals surface area contributed by atoms with E-state index < -0.39 is 17.5 Å². The fourth-order valence-electron chi connectivity index (χ4n) is 1.35. The summed E-state index contributed by atoms with van der Waals surface area (Å²) in [5.41, 5.74) is -0.0535. The Morgan fingerprint density at radius 1 is 1.32 bits per heavy atom. The number of aromatic nitrogens is 1. The highest BCUT2D eigenvalue weighted by Gasteiger charge is 2.14. The smallest absolute Gasteiger partial charge is 0.258 e. The van der Waals surface area contributed by atoms with Crippen molar-refractivity contribution in [1.29, 1.82) is 0 Å². The van der Waals surface area contributed by atoms with E-state index >= 15 is 0 Å². The second kappa shape index (κ2) is 5.63. The minimum Gasteiger partial charge on any atom is -0.319 e. The van der Waals surface area contributed by atoms with Gasteiger partial charge in [-0.3, -0.25) is 9.78 Å². The van der Waals surface area contributed by atoms with Gasteiger partial charge in [0.25, 0.3) is 5.91 Å². The van der Waals surface area contributed by atoms with E-state index in [2.05, 4.69) is 26.2 Å². The van der Waals surface area contributed by atoms with Crippen LogP contribution in [0.1, 0.15) is 10.4 Å². The Hall–Kier alpha value is -1.53. The Morgan fingerprint density at radius 3 is 2.74 bits per heavy atom. The Balaban J connectivity index is 2.30. The minimum atomic E-state index is -0.880. The van der Waals surface area contributed by atoms with Crippen LogP contribution in [-0.2, 0) is 0 Å². The molecule has 7 heteroatoms. The maximum atomic E-state index is 13.5. The molecule has 0 fully saturated rings. The maximum absolute atomic E-state index is 13.5. The summed E-state index contributed by atoms with van der Waals surface area (Å²) in [4.78, 5) is 15.6. The van der Waals surface area contributed by atoms with Gasteiger partial charge >= 0.3 is 0 Å². The monoisotopic (exact) mass is 346 g/mol. The van der Waals surface area contributed by atoms with E-state index in [9.17, 15) is 13.6 Å². The number of carbonyl (C=O) groups is 1. The molecular formula is C12H6BrClF2N2O. The fourth-order valence-corrected chi connectivity index (χ4v) is 1.89. The molecule has 1 aromatic heterocycles. The quantitative estimate of drug-likeness (QED) is 0.834. The van der Waals surface area contributed by atoms with Gasteiger partial charge in [0.1, 0.15) is 11.6 Å². The predicted molar refractivity (Wildman–Crippen MR) is 71.3 cm³/mol. The van der Waals surface area contributed by atoms with E-state index in [0.717, 1.165) is 6.07 Å². The highest BCUT2D eigenvalue weighted by Crippen LogP contribution is 2.24. The zero-order valence-electron chi connectivity index (χ0n) is 9.25. The molecule has 0 aliphatic carbocycles. The van der Waals surface area contributed by atoms with E-state index in [4.69, 9.17) is 11.6 Å². The summed E-state index contributed by atoms with van der Waals surface area (Å²) in [5, 5.41) is 2.49. The molecule has 2 aromatic rings. The standard InChI is InChI=1S/C12H6BrClF2N2O/c13-7-3-11(10(16)4-9(7)15)18-12(19)6-5-17-2-1-8(6)14/h1-5H,(H,18,19). The normalized spacial score (nSPS) is 10.3. The summed E-state index contributed by atoms with van der Waals surface area (Å²) in [7, 11) is 0. The molecule has 98 valence electrons. The molecule has 19 heavy (non-hydrogen) atoms. The van der Waals surface area contributed by atoms with Crippen LogP contribution in [0.4, 0.5) is 14.5 Å². The molecule has 0 radical (unpaired) electrons. The predicted octanol–water partition coefficient (Wildman–Crippen LogP) is 4.03. The number of nitrogens with one attached hydrogen (secondary N) is 1. The van der Waals surface area contributed by atoms with Crippen LogP contribution in [-0.4, -0.2) is 10.9 Å². The molecule has 0 atom stereocenters. The Kier molecular flexibility index (Phi) is 4.11. The first-order valence-corrected chi connectivity index (χ1v) is 6.21. The lowest BCUT2D eigenvalue weighted by atomic mass is 10.2. The van der Waals surface area contributed by atoms with Crippen LogP contribution >= 0.6 is 27.5 Å². The zero-order chi connectivity index (χ0) is 14.0. The third-order valence-electron chi connectivity index (χ3n) is 2.27. The van der Waals surface area contributed by atoms with Crippen LogP contribution in [0.25, 0.3) is 0 Å². The summed E-state index contributed by atoms with van der Waals surface area (Å²) in [6.07, 6.45) is 2.68. The number of benzene rings is 1. The molecular weight excluding hydrogens is 341 g/mol. The first kappa shape index (κ1) is 13.9. The number of rotatable bonds is 2. The van der Waals surface area contributed by atoms with E-state index in [1.807, 2.05) is 0 Å². The van der Waals surface area contributed by atoms with Crippen LogP contribution in [0.3, 0.4) is 0 Å². The van der Waals surface area contributed by atoms with Gasteiger partial charge < -0.3 is 5.32 Å². The largest absolute Gasteiger partial charge is 0.319 e. The number of hydrogen-bond acceptors (Lipinski definition) is 2. The molecule has 0 bridgehead atoms. The van der Waals surface area contributed by atoms with Gasteiger partial charge in [0, 0.05) is 18.5 Å². The highest BCUT2D eigenvalue weighted by molar-refractivity contribution is 9.10. The SMILES string of the molecule is O=C(Nc1cc(Br)c(F)cc1F)c1cnccc1Cl. The fraction of sp³-hybridized carbons (Fsp3) is 0. The number of pyridine rings is 1. The van der Waals surface area contributed by atoms with Crippen molar-refractivity contribution >= 4 is 39.1 Å². The second-order valence-corrected chi connectivity index (χ2v) is 4.82. The van der Waals surface area contributed by atoms with Crippen molar-refractivity contribution < 1.29 is 13.6 Å². The zero-order valence-corrected chi connectivity index (χ0v) is 11.6. The lowest BCUT2D eigenvalue weighted by Gasteiger charge is -2.08. The van der Waals surface area contributed by atoms with Crippen molar-refractivity contribution in [2.45, 2.75) is 0 Å². The first-order valence-electron chi connectivity index (χ1n) is 5.04. The number of nitrogens with zero attached hydrogens (tertiary/aromatic N) is 1. The molecule has 1 heterocycles. The van der Waals surface area contributed by atoms with E-state index in [-0.39, 0.29) is 20.7 Å². The summed E-state index contributed by atoms with van der Waals surface area (Å²) >= 11 is 8.73. The van der Waals surface area contributed by atoms with Crippen LogP contribution < -0.4 is 5.32 Å². The highest BCUT2D eigenvalue weighted by atomic mass is 79.9. The molecule has 2 rings (SSSR count). The van der Waals surface area contributed by atoms with Crippen LogP contribution in [0.5, 0.6) is 0 Å². The van der Waals surface area contributed by atoms with Gasteiger partial charge in [-0.1, -0.05) is 11.6 Å². The van der Waals surface area contributed by atoms with Crippen molar-refractivity contribution in [1.82, 2.24) is 4.98 Å². The van der Waals surface area contributed by atoms with Gasteiger partial charge in [0.2, 0.25) is 0 Å². The number of anilines is 1. The van der Waals surface area contributed by atoms with Crippen LogP contribution in [0.2, 0.25) is 5.02 Å². The molecule has 0 unspecified atom stereocenters. The summed E-state index contributed by atoms with van der Waals surface area (Å²) < 4.78 is 26.6. The van der Waals surface area contributed by atoms with Gasteiger partial charge in [0.05, 0.1) is 20.7 Å². The molecule has 0 saturated carbocycles. The third-order valence-corrected chi connectivity index (χ3v) is 3.21. The number of halogens is 4. The van der Waals surface area contributed by atoms with Crippen molar-refractivity contribution in [2.75, 3.05) is 5.32 Å². The lowest BCUT2D eigenvalue weighted by molar-refractivity contribution is 0.102. The Labute approximate surface area is 120 Å². The molecule has 3 nitrogen and oxygen atoms in total. The van der Waals surface area contributed by atoms with Gasteiger partial charge in [-0.2, -0.15) is 0 Å². The molecule has 0 aliphatic heterocycles. The average molecular weight is 348 g/mol. The van der Waals surface area contributed by atoms with Gasteiger partial charge in [-0.05, 0) is 28.1 Å². The maximum Gasteiger partial charge on any atom is 0.258 e.